The molecular formula is C14H14BrNO. The van der Waals surface area contributed by atoms with E-state index in [2.05, 4.69) is 28.9 Å². The Hall–Kier alpha value is -1.48. The lowest BCUT2D eigenvalue weighted by atomic mass is 10.1. The maximum atomic E-state index is 5.91. The Morgan fingerprint density at radius 1 is 1.12 bits per heavy atom. The van der Waals surface area contributed by atoms with Crippen molar-refractivity contribution in [2.24, 2.45) is 0 Å². The summed E-state index contributed by atoms with van der Waals surface area (Å²) >= 11 is 3.37. The SMILES string of the molecule is CCc1ccccc1Oc1ccc(Br)cc1N. The number of rotatable bonds is 3. The first-order chi connectivity index (χ1) is 8.20. The smallest absolute Gasteiger partial charge is 0.150 e. The largest absolute Gasteiger partial charge is 0.455 e. The van der Waals surface area contributed by atoms with Crippen LogP contribution in [0.5, 0.6) is 11.5 Å². The van der Waals surface area contributed by atoms with E-state index in [4.69, 9.17) is 10.5 Å². The predicted molar refractivity (Wildman–Crippen MR) is 74.4 cm³/mol. The molecule has 2 rings (SSSR count). The van der Waals surface area contributed by atoms with Gasteiger partial charge in [-0.2, -0.15) is 0 Å². The summed E-state index contributed by atoms with van der Waals surface area (Å²) in [5.74, 6) is 1.55. The van der Waals surface area contributed by atoms with E-state index >= 15 is 0 Å². The van der Waals surface area contributed by atoms with E-state index in [1.54, 1.807) is 0 Å². The van der Waals surface area contributed by atoms with Gasteiger partial charge in [0.25, 0.3) is 0 Å². The highest BCUT2D eigenvalue weighted by atomic mass is 79.9. The van der Waals surface area contributed by atoms with Gasteiger partial charge >= 0.3 is 0 Å². The van der Waals surface area contributed by atoms with Crippen LogP contribution in [0.25, 0.3) is 0 Å². The van der Waals surface area contributed by atoms with Crippen LogP contribution in [-0.4, -0.2) is 0 Å². The Labute approximate surface area is 110 Å². The van der Waals surface area contributed by atoms with Crippen molar-refractivity contribution in [2.75, 3.05) is 5.73 Å². The molecule has 0 unspecified atom stereocenters. The van der Waals surface area contributed by atoms with Crippen LogP contribution < -0.4 is 10.5 Å². The molecule has 0 saturated carbocycles. The van der Waals surface area contributed by atoms with Crippen molar-refractivity contribution in [1.29, 1.82) is 0 Å². The minimum Gasteiger partial charge on any atom is -0.455 e. The zero-order valence-corrected chi connectivity index (χ0v) is 11.2. The normalized spacial score (nSPS) is 10.2. The summed E-state index contributed by atoms with van der Waals surface area (Å²) in [6.45, 7) is 2.10. The molecule has 0 aliphatic rings. The number of nitrogen functional groups attached to an aromatic ring is 1. The molecule has 0 aromatic heterocycles. The van der Waals surface area contributed by atoms with E-state index in [0.717, 1.165) is 16.6 Å². The van der Waals surface area contributed by atoms with E-state index in [9.17, 15) is 0 Å². The number of anilines is 1. The van der Waals surface area contributed by atoms with Crippen LogP contribution in [0, 0.1) is 0 Å². The molecule has 2 nitrogen and oxygen atoms in total. The summed E-state index contributed by atoms with van der Waals surface area (Å²) in [4.78, 5) is 0. The van der Waals surface area contributed by atoms with Crippen molar-refractivity contribution in [3.63, 3.8) is 0 Å². The number of benzene rings is 2. The molecule has 0 atom stereocenters. The lowest BCUT2D eigenvalue weighted by Crippen LogP contribution is -1.94. The molecule has 0 fully saturated rings. The molecule has 17 heavy (non-hydrogen) atoms. The average molecular weight is 292 g/mol. The van der Waals surface area contributed by atoms with E-state index in [1.165, 1.54) is 5.56 Å². The molecule has 0 heterocycles. The van der Waals surface area contributed by atoms with Crippen LogP contribution in [-0.2, 0) is 6.42 Å². The second kappa shape index (κ2) is 5.23. The summed E-state index contributed by atoms with van der Waals surface area (Å²) < 4.78 is 6.79. The Balaban J connectivity index is 2.31. The highest BCUT2D eigenvalue weighted by molar-refractivity contribution is 9.10. The first kappa shape index (κ1) is 12.0. The fourth-order valence-corrected chi connectivity index (χ4v) is 2.01. The van der Waals surface area contributed by atoms with Crippen molar-refractivity contribution in [1.82, 2.24) is 0 Å². The molecule has 0 amide bonds. The number of ether oxygens (including phenoxy) is 1. The first-order valence-corrected chi connectivity index (χ1v) is 6.30. The van der Waals surface area contributed by atoms with Gasteiger partial charge in [-0.05, 0) is 36.2 Å². The molecule has 2 aromatic carbocycles. The van der Waals surface area contributed by atoms with Crippen LogP contribution in [0.15, 0.2) is 46.9 Å². The number of para-hydroxylation sites is 1. The Morgan fingerprint density at radius 3 is 2.59 bits per heavy atom. The Kier molecular flexibility index (Phi) is 3.69. The van der Waals surface area contributed by atoms with Crippen molar-refractivity contribution in [3.8, 4) is 11.5 Å². The molecule has 2 aromatic rings. The van der Waals surface area contributed by atoms with Gasteiger partial charge in [0.1, 0.15) is 11.5 Å². The highest BCUT2D eigenvalue weighted by Gasteiger charge is 2.05. The summed E-state index contributed by atoms with van der Waals surface area (Å²) in [5.41, 5.74) is 7.71. The minimum absolute atomic E-state index is 0.630. The van der Waals surface area contributed by atoms with Crippen LogP contribution in [0.1, 0.15) is 12.5 Å². The van der Waals surface area contributed by atoms with Crippen molar-refractivity contribution in [2.45, 2.75) is 13.3 Å². The topological polar surface area (TPSA) is 35.2 Å². The van der Waals surface area contributed by atoms with Gasteiger partial charge in [-0.1, -0.05) is 41.1 Å². The fraction of sp³-hybridized carbons (Fsp3) is 0.143. The predicted octanol–water partition coefficient (Wildman–Crippen LogP) is 4.39. The lowest BCUT2D eigenvalue weighted by Gasteiger charge is -2.11. The standard InChI is InChI=1S/C14H14BrNO/c1-2-10-5-3-4-6-13(10)17-14-8-7-11(15)9-12(14)16/h3-9H,2,16H2,1H3. The van der Waals surface area contributed by atoms with E-state index in [1.807, 2.05) is 36.4 Å². The molecular weight excluding hydrogens is 278 g/mol. The van der Waals surface area contributed by atoms with E-state index in [0.29, 0.717) is 11.4 Å². The van der Waals surface area contributed by atoms with Gasteiger partial charge in [-0.3, -0.25) is 0 Å². The third-order valence-electron chi connectivity index (χ3n) is 2.55. The quantitative estimate of drug-likeness (QED) is 0.852. The molecule has 0 aliphatic heterocycles. The number of hydrogen-bond acceptors (Lipinski definition) is 2. The van der Waals surface area contributed by atoms with Crippen LogP contribution in [0.3, 0.4) is 0 Å². The van der Waals surface area contributed by atoms with Gasteiger partial charge in [0.05, 0.1) is 5.69 Å². The molecule has 3 heteroatoms. The van der Waals surface area contributed by atoms with Crippen LogP contribution >= 0.6 is 15.9 Å². The second-order valence-electron chi connectivity index (χ2n) is 3.75. The third kappa shape index (κ3) is 2.80. The van der Waals surface area contributed by atoms with Gasteiger partial charge in [-0.25, -0.2) is 0 Å². The van der Waals surface area contributed by atoms with E-state index in [-0.39, 0.29) is 0 Å². The zero-order valence-electron chi connectivity index (χ0n) is 9.61. The zero-order chi connectivity index (χ0) is 12.3. The van der Waals surface area contributed by atoms with Crippen molar-refractivity contribution >= 4 is 21.6 Å². The molecule has 0 spiro atoms. The Morgan fingerprint density at radius 2 is 1.88 bits per heavy atom. The summed E-state index contributed by atoms with van der Waals surface area (Å²) in [6.07, 6.45) is 0.937. The lowest BCUT2D eigenvalue weighted by molar-refractivity contribution is 0.479. The summed E-state index contributed by atoms with van der Waals surface area (Å²) in [6, 6.07) is 13.6. The summed E-state index contributed by atoms with van der Waals surface area (Å²) in [5, 5.41) is 0. The van der Waals surface area contributed by atoms with Crippen molar-refractivity contribution < 1.29 is 4.74 Å². The molecule has 2 N–H and O–H groups in total. The van der Waals surface area contributed by atoms with Gasteiger partial charge in [0.2, 0.25) is 0 Å². The number of hydrogen-bond donors (Lipinski definition) is 1. The van der Waals surface area contributed by atoms with Crippen LogP contribution in [0.4, 0.5) is 5.69 Å². The number of aryl methyl sites for hydroxylation is 1. The average Bonchev–Trinajstić information content (AvgIpc) is 2.33. The van der Waals surface area contributed by atoms with Gasteiger partial charge in [0.15, 0.2) is 0 Å². The molecule has 0 saturated heterocycles. The second-order valence-corrected chi connectivity index (χ2v) is 4.66. The molecule has 88 valence electrons. The monoisotopic (exact) mass is 291 g/mol. The number of nitrogens with two attached hydrogens (primary N) is 1. The summed E-state index contributed by atoms with van der Waals surface area (Å²) in [7, 11) is 0. The van der Waals surface area contributed by atoms with Gasteiger partial charge in [0, 0.05) is 4.47 Å². The third-order valence-corrected chi connectivity index (χ3v) is 3.04. The fourth-order valence-electron chi connectivity index (χ4n) is 1.63. The minimum atomic E-state index is 0.630. The highest BCUT2D eigenvalue weighted by Crippen LogP contribution is 2.31. The first-order valence-electron chi connectivity index (χ1n) is 5.51. The van der Waals surface area contributed by atoms with Gasteiger partial charge < -0.3 is 10.5 Å². The molecule has 0 bridgehead atoms. The van der Waals surface area contributed by atoms with Gasteiger partial charge in [-0.15, -0.1) is 0 Å². The van der Waals surface area contributed by atoms with Crippen molar-refractivity contribution in [3.05, 3.63) is 52.5 Å². The molecule has 0 aliphatic carbocycles. The van der Waals surface area contributed by atoms with E-state index < -0.39 is 0 Å². The van der Waals surface area contributed by atoms with Crippen LogP contribution in [0.2, 0.25) is 0 Å². The maximum Gasteiger partial charge on any atom is 0.150 e. The Bertz CT molecular complexity index is 525. The number of halogens is 1. The maximum absolute atomic E-state index is 5.91. The molecule has 0 radical (unpaired) electrons.